The van der Waals surface area contributed by atoms with Crippen molar-refractivity contribution in [3.05, 3.63) is 48.6 Å². The van der Waals surface area contributed by atoms with Crippen molar-refractivity contribution >= 4 is 0 Å². The second-order valence-electron chi connectivity index (χ2n) is 2.01. The van der Waals surface area contributed by atoms with Gasteiger partial charge in [-0.05, 0) is 0 Å². The summed E-state index contributed by atoms with van der Waals surface area (Å²) in [6.07, 6.45) is 20.0. The van der Waals surface area contributed by atoms with E-state index in [0.717, 1.165) is 27.1 Å². The zero-order valence-corrected chi connectivity index (χ0v) is 15.2. The molecule has 6 heteroatoms. The van der Waals surface area contributed by atoms with Gasteiger partial charge in [-0.3, -0.25) is 12.2 Å². The number of aliphatic hydroxyl groups is 2. The predicted molar refractivity (Wildman–Crippen MR) is 59.4 cm³/mol. The van der Waals surface area contributed by atoms with Crippen molar-refractivity contribution < 1.29 is 78.5 Å². The molecule has 0 aromatic heterocycles. The van der Waals surface area contributed by atoms with E-state index in [1.165, 1.54) is 0 Å². The molecule has 0 spiro atoms. The van der Waals surface area contributed by atoms with E-state index in [9.17, 15) is 0 Å². The number of hydrogen-bond acceptors (Lipinski definition) is 2. The zero-order valence-electron chi connectivity index (χ0n) is 10.5. The quantitative estimate of drug-likeness (QED) is 0.340. The largest absolute Gasteiger partial charge is 1.00 e. The second-order valence-corrected chi connectivity index (χ2v) is 2.01. The molecular formula is C12H18Cl2O2Ti2-4. The Morgan fingerprint density at radius 2 is 1.00 bits per heavy atom. The smallest absolute Gasteiger partial charge is 0.0319 e. The molecule has 0 unspecified atom stereocenters. The Balaban J connectivity index is -0.0000000268. The van der Waals surface area contributed by atoms with Crippen molar-refractivity contribution in [3.8, 4) is 0 Å². The Bertz CT molecular complexity index is 164. The minimum absolute atomic E-state index is 0. The first-order valence-corrected chi connectivity index (χ1v) is 4.33. The third kappa shape index (κ3) is 36.0. The molecule has 2 aliphatic rings. The van der Waals surface area contributed by atoms with Gasteiger partial charge in [0.2, 0.25) is 0 Å². The van der Waals surface area contributed by atoms with Gasteiger partial charge in [0, 0.05) is 57.7 Å². The third-order valence-corrected chi connectivity index (χ3v) is 1.17. The molecule has 0 bridgehead atoms. The Morgan fingerprint density at radius 3 is 1.06 bits per heavy atom. The summed E-state index contributed by atoms with van der Waals surface area (Å²) in [4.78, 5) is 0. The maximum atomic E-state index is 7.00. The van der Waals surface area contributed by atoms with Gasteiger partial charge in [-0.2, -0.15) is 12.2 Å². The maximum absolute atomic E-state index is 7.00. The molecule has 0 fully saturated rings. The number of rotatable bonds is 0. The predicted octanol–water partition coefficient (Wildman–Crippen LogP) is -4.17. The molecule has 104 valence electrons. The standard InChI is InChI=1S/2C5H5.2CH4O.2ClH.2Ti/c2*1-2-4-5-3-1;2*1-2;;;;/h2*1-3H,4H2;2*2H,1H3;2*1H;;/q2*-1;;;;;;/p-2. The van der Waals surface area contributed by atoms with E-state index in [0.29, 0.717) is 0 Å². The minimum Gasteiger partial charge on any atom is -1.00 e. The Kier molecular flexibility index (Phi) is 87.0. The summed E-state index contributed by atoms with van der Waals surface area (Å²) >= 11 is 0. The van der Waals surface area contributed by atoms with E-state index in [-0.39, 0.29) is 68.2 Å². The van der Waals surface area contributed by atoms with Crippen LogP contribution in [0.2, 0.25) is 0 Å². The molecule has 0 aliphatic heterocycles. The summed E-state index contributed by atoms with van der Waals surface area (Å²) in [5.41, 5.74) is 0. The monoisotopic (exact) mass is 360 g/mol. The van der Waals surface area contributed by atoms with Gasteiger partial charge in [0.05, 0.1) is 0 Å². The Hall–Kier alpha value is 0.889. The summed E-state index contributed by atoms with van der Waals surface area (Å²) in [5, 5.41) is 14.0. The summed E-state index contributed by atoms with van der Waals surface area (Å²) in [7, 11) is 2.00. The average Bonchev–Trinajstić information content (AvgIpc) is 3.01. The van der Waals surface area contributed by atoms with E-state index in [1.807, 2.05) is 24.3 Å². The fourth-order valence-electron chi connectivity index (χ4n) is 0.680. The van der Waals surface area contributed by atoms with Crippen LogP contribution < -0.4 is 24.8 Å². The molecule has 2 rings (SSSR count). The van der Waals surface area contributed by atoms with Crippen LogP contribution in [0.15, 0.2) is 36.5 Å². The molecule has 0 amide bonds. The molecule has 0 aromatic carbocycles. The van der Waals surface area contributed by atoms with Crippen molar-refractivity contribution in [2.45, 2.75) is 12.8 Å². The van der Waals surface area contributed by atoms with Crippen LogP contribution in [-0.4, -0.2) is 24.4 Å². The first-order chi connectivity index (χ1) is 7.00. The van der Waals surface area contributed by atoms with Crippen LogP contribution in [0, 0.1) is 12.2 Å². The molecule has 0 saturated heterocycles. The summed E-state index contributed by atoms with van der Waals surface area (Å²) < 4.78 is 0. The summed E-state index contributed by atoms with van der Waals surface area (Å²) in [6.45, 7) is 0. The molecule has 0 radical (unpaired) electrons. The number of hydrogen-bond donors (Lipinski definition) is 2. The number of halogens is 2. The van der Waals surface area contributed by atoms with Crippen LogP contribution in [0.1, 0.15) is 12.8 Å². The van der Waals surface area contributed by atoms with Gasteiger partial charge in [0.15, 0.2) is 0 Å². The summed E-state index contributed by atoms with van der Waals surface area (Å²) in [6, 6.07) is 0. The van der Waals surface area contributed by atoms with Gasteiger partial charge in [-0.1, -0.05) is 0 Å². The van der Waals surface area contributed by atoms with Crippen molar-refractivity contribution in [2.24, 2.45) is 0 Å². The van der Waals surface area contributed by atoms with Gasteiger partial charge in [-0.25, -0.2) is 24.3 Å². The average molecular weight is 361 g/mol. The molecule has 0 saturated carbocycles. The summed E-state index contributed by atoms with van der Waals surface area (Å²) in [5.74, 6) is 0. The SMILES string of the molecule is CO.CO.[C-]1=CC=CC1.[C-]1=CC=CC1.[Cl-].[Cl-].[Ti].[Ti]. The third-order valence-electron chi connectivity index (χ3n) is 1.17. The fraction of sp³-hybridized carbons (Fsp3) is 0.333. The Morgan fingerprint density at radius 1 is 0.722 bits per heavy atom. The van der Waals surface area contributed by atoms with Gasteiger partial charge in [-0.15, -0.1) is 12.8 Å². The Labute approximate surface area is 153 Å². The molecule has 0 aromatic rings. The first-order valence-electron chi connectivity index (χ1n) is 4.33. The van der Waals surface area contributed by atoms with Crippen LogP contribution in [-0.2, 0) is 43.4 Å². The fourth-order valence-corrected chi connectivity index (χ4v) is 0.680. The van der Waals surface area contributed by atoms with Crippen molar-refractivity contribution in [2.75, 3.05) is 14.2 Å². The molecular weight excluding hydrogens is 343 g/mol. The van der Waals surface area contributed by atoms with Crippen LogP contribution >= 0.6 is 0 Å². The zero-order chi connectivity index (χ0) is 11.1. The normalized spacial score (nSPS) is 10.4. The first kappa shape index (κ1) is 36.4. The number of aliphatic hydroxyl groups excluding tert-OH is 2. The molecule has 0 atom stereocenters. The van der Waals surface area contributed by atoms with Crippen molar-refractivity contribution in [3.63, 3.8) is 0 Å². The molecule has 0 heterocycles. The molecule has 18 heavy (non-hydrogen) atoms. The molecule has 2 nitrogen and oxygen atoms in total. The van der Waals surface area contributed by atoms with E-state index in [2.05, 4.69) is 24.3 Å². The number of allylic oxidation sites excluding steroid dienone is 8. The maximum Gasteiger partial charge on any atom is 0.0319 e. The molecule has 2 N–H and O–H groups in total. The van der Waals surface area contributed by atoms with Crippen molar-refractivity contribution in [1.82, 2.24) is 0 Å². The second kappa shape index (κ2) is 43.0. The van der Waals surface area contributed by atoms with E-state index >= 15 is 0 Å². The minimum atomic E-state index is 0. The van der Waals surface area contributed by atoms with Crippen molar-refractivity contribution in [1.29, 1.82) is 0 Å². The van der Waals surface area contributed by atoms with E-state index in [1.54, 1.807) is 0 Å². The van der Waals surface area contributed by atoms with Crippen LogP contribution in [0.4, 0.5) is 0 Å². The van der Waals surface area contributed by atoms with E-state index < -0.39 is 0 Å². The van der Waals surface area contributed by atoms with Gasteiger partial charge >= 0.3 is 0 Å². The topological polar surface area (TPSA) is 40.5 Å². The van der Waals surface area contributed by atoms with Crippen LogP contribution in [0.5, 0.6) is 0 Å². The van der Waals surface area contributed by atoms with Gasteiger partial charge in [0.25, 0.3) is 0 Å². The van der Waals surface area contributed by atoms with Crippen LogP contribution in [0.3, 0.4) is 0 Å². The molecule has 2 aliphatic carbocycles. The van der Waals surface area contributed by atoms with Gasteiger partial charge in [0.1, 0.15) is 0 Å². The van der Waals surface area contributed by atoms with E-state index in [4.69, 9.17) is 10.2 Å². The van der Waals surface area contributed by atoms with Crippen LogP contribution in [0.25, 0.3) is 0 Å². The van der Waals surface area contributed by atoms with Gasteiger partial charge < -0.3 is 35.0 Å².